The van der Waals surface area contributed by atoms with E-state index in [1.165, 1.54) is 6.08 Å². The van der Waals surface area contributed by atoms with Crippen molar-refractivity contribution in [1.29, 1.82) is 0 Å². The van der Waals surface area contributed by atoms with Crippen LogP contribution in [0.3, 0.4) is 0 Å². The van der Waals surface area contributed by atoms with Crippen molar-refractivity contribution in [2.24, 2.45) is 0 Å². The molecule has 2 amide bonds. The van der Waals surface area contributed by atoms with E-state index < -0.39 is 0 Å². The van der Waals surface area contributed by atoms with Gasteiger partial charge in [-0.15, -0.1) is 0 Å². The van der Waals surface area contributed by atoms with E-state index in [9.17, 15) is 9.59 Å². The van der Waals surface area contributed by atoms with E-state index in [4.69, 9.17) is 14.2 Å². The summed E-state index contributed by atoms with van der Waals surface area (Å²) in [6.45, 7) is 1.21. The molecule has 2 aliphatic rings. The fraction of sp³-hybridized carbons (Fsp3) is 0.154. The summed E-state index contributed by atoms with van der Waals surface area (Å²) in [5.41, 5.74) is 3.77. The maximum atomic E-state index is 12.8. The Morgan fingerprint density at radius 1 is 0.909 bits per heavy atom. The van der Waals surface area contributed by atoms with E-state index in [0.29, 0.717) is 35.9 Å². The molecule has 0 unspecified atom stereocenters. The molecule has 3 aromatic rings. The lowest BCUT2D eigenvalue weighted by molar-refractivity contribution is -0.111. The van der Waals surface area contributed by atoms with Crippen LogP contribution < -0.4 is 24.8 Å². The van der Waals surface area contributed by atoms with Gasteiger partial charge < -0.3 is 24.8 Å². The molecule has 0 aromatic heterocycles. The number of carbonyl (C=O) groups is 2. The van der Waals surface area contributed by atoms with E-state index >= 15 is 0 Å². The Labute approximate surface area is 191 Å². The second kappa shape index (κ2) is 9.08. The van der Waals surface area contributed by atoms with Gasteiger partial charge in [-0.3, -0.25) is 9.59 Å². The number of ether oxygens (including phenoxy) is 3. The van der Waals surface area contributed by atoms with Crippen LogP contribution in [0.2, 0.25) is 0 Å². The molecule has 2 N–H and O–H groups in total. The number of hydrogen-bond donors (Lipinski definition) is 2. The van der Waals surface area contributed by atoms with Crippen LogP contribution in [-0.4, -0.2) is 25.2 Å². The Hall–Kier alpha value is -4.26. The molecule has 0 aliphatic carbocycles. The van der Waals surface area contributed by atoms with Crippen LogP contribution in [0.4, 0.5) is 5.69 Å². The second-order valence-corrected chi connectivity index (χ2v) is 7.70. The number of amides is 2. The van der Waals surface area contributed by atoms with Crippen LogP contribution in [0, 0.1) is 0 Å². The maximum Gasteiger partial charge on any atom is 0.253 e. The molecule has 0 radical (unpaired) electrons. The van der Waals surface area contributed by atoms with E-state index in [2.05, 4.69) is 10.6 Å². The molecule has 3 aromatic carbocycles. The summed E-state index contributed by atoms with van der Waals surface area (Å²) < 4.78 is 16.2. The Morgan fingerprint density at radius 2 is 1.76 bits per heavy atom. The largest absolute Gasteiger partial charge is 0.493 e. The van der Waals surface area contributed by atoms with Crippen molar-refractivity contribution >= 4 is 23.6 Å². The van der Waals surface area contributed by atoms with Gasteiger partial charge in [-0.25, -0.2) is 0 Å². The van der Waals surface area contributed by atoms with Gasteiger partial charge in [0.1, 0.15) is 5.75 Å². The molecule has 0 saturated carbocycles. The third-order valence-electron chi connectivity index (χ3n) is 5.46. The Morgan fingerprint density at radius 3 is 2.70 bits per heavy atom. The van der Waals surface area contributed by atoms with E-state index in [0.717, 1.165) is 28.9 Å². The highest BCUT2D eigenvalue weighted by Crippen LogP contribution is 2.32. The predicted octanol–water partition coefficient (Wildman–Crippen LogP) is 3.93. The van der Waals surface area contributed by atoms with Crippen LogP contribution in [-0.2, 0) is 17.8 Å². The monoisotopic (exact) mass is 442 g/mol. The topological polar surface area (TPSA) is 85.9 Å². The summed E-state index contributed by atoms with van der Waals surface area (Å²) in [6, 6.07) is 18.3. The molecule has 7 heteroatoms. The van der Waals surface area contributed by atoms with Crippen LogP contribution in [0.5, 0.6) is 17.2 Å². The van der Waals surface area contributed by atoms with E-state index in [1.54, 1.807) is 30.3 Å². The van der Waals surface area contributed by atoms with Crippen molar-refractivity contribution in [3.05, 3.63) is 89.0 Å². The Kier molecular flexibility index (Phi) is 5.68. The summed E-state index contributed by atoms with van der Waals surface area (Å²) in [4.78, 5) is 25.3. The van der Waals surface area contributed by atoms with Crippen LogP contribution in [0.1, 0.15) is 27.0 Å². The smallest absolute Gasteiger partial charge is 0.253 e. The van der Waals surface area contributed by atoms with Crippen molar-refractivity contribution in [1.82, 2.24) is 5.32 Å². The highest BCUT2D eigenvalue weighted by molar-refractivity contribution is 6.07. The van der Waals surface area contributed by atoms with Gasteiger partial charge in [-0.05, 0) is 59.2 Å². The van der Waals surface area contributed by atoms with Crippen LogP contribution in [0.25, 0.3) is 6.08 Å². The first kappa shape index (κ1) is 20.6. The highest BCUT2D eigenvalue weighted by atomic mass is 16.7. The first-order chi connectivity index (χ1) is 16.2. The molecule has 2 heterocycles. The van der Waals surface area contributed by atoms with Gasteiger partial charge in [-0.2, -0.15) is 0 Å². The van der Waals surface area contributed by atoms with E-state index in [1.807, 2.05) is 36.4 Å². The number of fused-ring (bicyclic) bond motifs is 2. The molecule has 5 rings (SSSR count). The molecule has 166 valence electrons. The number of rotatable bonds is 6. The fourth-order valence-corrected chi connectivity index (χ4v) is 3.78. The first-order valence-electron chi connectivity index (χ1n) is 10.7. The quantitative estimate of drug-likeness (QED) is 0.565. The zero-order valence-electron chi connectivity index (χ0n) is 17.8. The van der Waals surface area contributed by atoms with Gasteiger partial charge in [0.2, 0.25) is 12.7 Å². The highest BCUT2D eigenvalue weighted by Gasteiger charge is 2.15. The van der Waals surface area contributed by atoms with Crippen molar-refractivity contribution < 1.29 is 23.8 Å². The molecular weight excluding hydrogens is 420 g/mol. The molecular formula is C26H22N2O5. The molecule has 33 heavy (non-hydrogen) atoms. The van der Waals surface area contributed by atoms with Gasteiger partial charge in [-0.1, -0.05) is 24.3 Å². The van der Waals surface area contributed by atoms with Crippen molar-refractivity contribution in [2.75, 3.05) is 18.7 Å². The minimum atomic E-state index is -0.317. The van der Waals surface area contributed by atoms with Gasteiger partial charge in [0, 0.05) is 19.0 Å². The van der Waals surface area contributed by atoms with Gasteiger partial charge in [0.05, 0.1) is 17.9 Å². The molecule has 7 nitrogen and oxygen atoms in total. The average Bonchev–Trinajstić information content (AvgIpc) is 3.50. The fourth-order valence-electron chi connectivity index (χ4n) is 3.78. The standard InChI is InChI=1S/C26H22N2O5/c29-25(10-7-17-5-8-22-19(13-17)11-12-31-22)28-21-4-2-1-3-20(21)26(30)27-15-18-6-9-23-24(14-18)33-16-32-23/h1-10,13-14H,11-12,15-16H2,(H,27,30)(H,28,29)/b10-7+. The zero-order valence-corrected chi connectivity index (χ0v) is 17.8. The van der Waals surface area contributed by atoms with Crippen molar-refractivity contribution in [3.63, 3.8) is 0 Å². The lowest BCUT2D eigenvalue weighted by atomic mass is 10.1. The number of para-hydroxylation sites is 1. The molecule has 0 bridgehead atoms. The Balaban J connectivity index is 1.22. The molecule has 0 saturated heterocycles. The van der Waals surface area contributed by atoms with Crippen LogP contribution >= 0.6 is 0 Å². The third-order valence-corrected chi connectivity index (χ3v) is 5.46. The zero-order chi connectivity index (χ0) is 22.6. The van der Waals surface area contributed by atoms with Crippen molar-refractivity contribution in [3.8, 4) is 17.2 Å². The number of carbonyl (C=O) groups excluding carboxylic acids is 2. The number of hydrogen-bond acceptors (Lipinski definition) is 5. The summed E-state index contributed by atoms with van der Waals surface area (Å²) in [5.74, 6) is 1.66. The third kappa shape index (κ3) is 4.67. The second-order valence-electron chi connectivity index (χ2n) is 7.70. The molecule has 0 atom stereocenters. The van der Waals surface area contributed by atoms with Gasteiger partial charge in [0.25, 0.3) is 5.91 Å². The lowest BCUT2D eigenvalue weighted by Crippen LogP contribution is -2.24. The SMILES string of the molecule is O=C(/C=C/c1ccc2c(c1)CCO2)Nc1ccccc1C(=O)NCc1ccc2c(c1)OCO2. The number of benzene rings is 3. The first-order valence-corrected chi connectivity index (χ1v) is 10.7. The summed E-state index contributed by atoms with van der Waals surface area (Å²) in [6.07, 6.45) is 4.08. The molecule has 2 aliphatic heterocycles. The summed E-state index contributed by atoms with van der Waals surface area (Å²) in [5, 5.41) is 5.68. The average molecular weight is 442 g/mol. The summed E-state index contributed by atoms with van der Waals surface area (Å²) >= 11 is 0. The minimum Gasteiger partial charge on any atom is -0.493 e. The van der Waals surface area contributed by atoms with Gasteiger partial charge in [0.15, 0.2) is 11.5 Å². The maximum absolute atomic E-state index is 12.8. The summed E-state index contributed by atoms with van der Waals surface area (Å²) in [7, 11) is 0. The van der Waals surface area contributed by atoms with E-state index in [-0.39, 0.29) is 18.6 Å². The van der Waals surface area contributed by atoms with Crippen molar-refractivity contribution in [2.45, 2.75) is 13.0 Å². The number of nitrogens with one attached hydrogen (secondary N) is 2. The predicted molar refractivity (Wildman–Crippen MR) is 123 cm³/mol. The molecule has 0 spiro atoms. The lowest BCUT2D eigenvalue weighted by Gasteiger charge is -2.11. The number of anilines is 1. The normalized spacial score (nSPS) is 13.5. The Bertz CT molecular complexity index is 1250. The molecule has 0 fully saturated rings. The minimum absolute atomic E-state index is 0.202. The van der Waals surface area contributed by atoms with Gasteiger partial charge >= 0.3 is 0 Å². The van der Waals surface area contributed by atoms with Crippen LogP contribution in [0.15, 0.2) is 66.7 Å².